The third kappa shape index (κ3) is 3.09. The van der Waals surface area contributed by atoms with Crippen LogP contribution in [0.2, 0.25) is 0 Å². The van der Waals surface area contributed by atoms with Crippen LogP contribution in [0.4, 0.5) is 0 Å². The predicted octanol–water partition coefficient (Wildman–Crippen LogP) is 3.60. The summed E-state index contributed by atoms with van der Waals surface area (Å²) in [6.45, 7) is 10.7. The van der Waals surface area contributed by atoms with Gasteiger partial charge in [0.05, 0.1) is 24.4 Å². The lowest BCUT2D eigenvalue weighted by Gasteiger charge is -2.37. The zero-order valence-corrected chi connectivity index (χ0v) is 14.0. The maximum absolute atomic E-state index is 5.68. The van der Waals surface area contributed by atoms with Crippen LogP contribution in [0.1, 0.15) is 58.2 Å². The Bertz CT molecular complexity index is 596. The molecule has 5 heteroatoms. The highest BCUT2D eigenvalue weighted by Gasteiger charge is 2.31. The lowest BCUT2D eigenvalue weighted by Crippen LogP contribution is -2.37. The second-order valence-corrected chi connectivity index (χ2v) is 7.39. The minimum absolute atomic E-state index is 0.0465. The molecule has 0 spiro atoms. The fourth-order valence-corrected chi connectivity index (χ4v) is 3.27. The molecule has 2 atom stereocenters. The molecule has 0 amide bonds. The number of aromatic nitrogens is 3. The highest BCUT2D eigenvalue weighted by atomic mass is 16.3. The average Bonchev–Trinajstić information content (AvgIpc) is 3.10. The summed E-state index contributed by atoms with van der Waals surface area (Å²) >= 11 is 0. The van der Waals surface area contributed by atoms with Crippen molar-refractivity contribution in [1.29, 1.82) is 0 Å². The molecule has 0 N–H and O–H groups in total. The van der Waals surface area contributed by atoms with Crippen LogP contribution in [0, 0.1) is 5.92 Å². The third-order valence-corrected chi connectivity index (χ3v) is 4.45. The number of nitrogens with zero attached hydrogens (tertiary/aromatic N) is 4. The van der Waals surface area contributed by atoms with Gasteiger partial charge in [0.2, 0.25) is 0 Å². The molecule has 2 aromatic rings. The maximum Gasteiger partial charge on any atom is 0.141 e. The van der Waals surface area contributed by atoms with E-state index in [0.717, 1.165) is 37.0 Å². The van der Waals surface area contributed by atoms with Gasteiger partial charge in [0.15, 0.2) is 0 Å². The van der Waals surface area contributed by atoms with Crippen molar-refractivity contribution in [2.24, 2.45) is 5.92 Å². The van der Waals surface area contributed by atoms with E-state index in [-0.39, 0.29) is 5.54 Å². The number of rotatable bonds is 3. The fourth-order valence-electron chi connectivity index (χ4n) is 3.27. The van der Waals surface area contributed by atoms with Gasteiger partial charge in [0.25, 0.3) is 0 Å². The Balaban J connectivity index is 1.82. The Morgan fingerprint density at radius 1 is 1.36 bits per heavy atom. The summed E-state index contributed by atoms with van der Waals surface area (Å²) in [5.41, 5.74) is -0.0465. The predicted molar refractivity (Wildman–Crippen MR) is 85.3 cm³/mol. The van der Waals surface area contributed by atoms with Gasteiger partial charge in [-0.25, -0.2) is 9.67 Å². The molecule has 3 heterocycles. The van der Waals surface area contributed by atoms with Crippen molar-refractivity contribution in [3.05, 3.63) is 36.3 Å². The summed E-state index contributed by atoms with van der Waals surface area (Å²) in [6, 6.07) is 4.40. The molecule has 1 aliphatic rings. The van der Waals surface area contributed by atoms with Crippen molar-refractivity contribution in [3.8, 4) is 0 Å². The van der Waals surface area contributed by atoms with Gasteiger partial charge >= 0.3 is 0 Å². The summed E-state index contributed by atoms with van der Waals surface area (Å²) in [5, 5.41) is 4.41. The lowest BCUT2D eigenvalue weighted by atomic mass is 9.91. The zero-order valence-electron chi connectivity index (χ0n) is 14.0. The van der Waals surface area contributed by atoms with E-state index in [2.05, 4.69) is 48.7 Å². The molecule has 1 aliphatic heterocycles. The number of furan rings is 1. The Hall–Kier alpha value is -1.62. The van der Waals surface area contributed by atoms with E-state index >= 15 is 0 Å². The molecule has 2 aromatic heterocycles. The van der Waals surface area contributed by atoms with E-state index in [1.165, 1.54) is 6.42 Å². The van der Waals surface area contributed by atoms with Crippen LogP contribution in [0.3, 0.4) is 0 Å². The Labute approximate surface area is 132 Å². The second kappa shape index (κ2) is 5.88. The van der Waals surface area contributed by atoms with Gasteiger partial charge in [0, 0.05) is 0 Å². The first kappa shape index (κ1) is 15.3. The molecule has 120 valence electrons. The first-order valence-electron chi connectivity index (χ1n) is 8.12. The molecule has 22 heavy (non-hydrogen) atoms. The Morgan fingerprint density at radius 3 is 2.86 bits per heavy atom. The van der Waals surface area contributed by atoms with Crippen LogP contribution < -0.4 is 0 Å². The van der Waals surface area contributed by atoms with Crippen LogP contribution in [0.5, 0.6) is 0 Å². The highest BCUT2D eigenvalue weighted by Crippen LogP contribution is 2.35. The smallest absolute Gasteiger partial charge is 0.141 e. The maximum atomic E-state index is 5.68. The number of hydrogen-bond donors (Lipinski definition) is 0. The fraction of sp³-hybridized carbons (Fsp3) is 0.647. The zero-order chi connectivity index (χ0) is 15.7. The van der Waals surface area contributed by atoms with E-state index in [0.29, 0.717) is 6.04 Å². The largest absolute Gasteiger partial charge is 0.468 e. The van der Waals surface area contributed by atoms with Gasteiger partial charge < -0.3 is 4.42 Å². The molecule has 1 saturated heterocycles. The van der Waals surface area contributed by atoms with Crippen molar-refractivity contribution in [3.63, 3.8) is 0 Å². The lowest BCUT2D eigenvalue weighted by molar-refractivity contribution is 0.0883. The van der Waals surface area contributed by atoms with Gasteiger partial charge in [0.1, 0.15) is 17.9 Å². The van der Waals surface area contributed by atoms with Crippen molar-refractivity contribution in [1.82, 2.24) is 19.7 Å². The Morgan fingerprint density at radius 2 is 2.18 bits per heavy atom. The van der Waals surface area contributed by atoms with Crippen LogP contribution in [-0.4, -0.2) is 26.2 Å². The SMILES string of the molecule is C[C@H]1CCN(Cc2ncnn2C(C)(C)C)[C@@H](c2ccco2)C1. The molecule has 5 nitrogen and oxygen atoms in total. The summed E-state index contributed by atoms with van der Waals surface area (Å²) in [6.07, 6.45) is 5.79. The summed E-state index contributed by atoms with van der Waals surface area (Å²) < 4.78 is 7.72. The number of piperidine rings is 1. The molecule has 3 rings (SSSR count). The van der Waals surface area contributed by atoms with Crippen molar-refractivity contribution in [2.45, 2.75) is 58.7 Å². The number of likely N-dealkylation sites (tertiary alicyclic amines) is 1. The molecule has 0 unspecified atom stereocenters. The van der Waals surface area contributed by atoms with Crippen LogP contribution in [0.25, 0.3) is 0 Å². The standard InChI is InChI=1S/C17H26N4O/c1-13-7-8-20(14(10-13)15-6-5-9-22-15)11-16-18-12-19-21(16)17(2,3)4/h5-6,9,12-14H,7-8,10-11H2,1-4H3/t13-,14+/m0/s1. The van der Waals surface area contributed by atoms with E-state index < -0.39 is 0 Å². The normalized spacial score (nSPS) is 23.8. The topological polar surface area (TPSA) is 47.1 Å². The van der Waals surface area contributed by atoms with E-state index in [1.807, 2.05) is 10.7 Å². The van der Waals surface area contributed by atoms with Crippen molar-refractivity contribution < 1.29 is 4.42 Å². The molecule has 0 bridgehead atoms. The summed E-state index contributed by atoms with van der Waals surface area (Å²) in [5.74, 6) is 2.82. The van der Waals surface area contributed by atoms with Crippen LogP contribution in [0.15, 0.2) is 29.1 Å². The minimum Gasteiger partial charge on any atom is -0.468 e. The molecule has 0 aliphatic carbocycles. The van der Waals surface area contributed by atoms with Gasteiger partial charge in [-0.15, -0.1) is 0 Å². The first-order valence-corrected chi connectivity index (χ1v) is 8.12. The molecular weight excluding hydrogens is 276 g/mol. The van der Waals surface area contributed by atoms with Crippen molar-refractivity contribution >= 4 is 0 Å². The van der Waals surface area contributed by atoms with Crippen molar-refractivity contribution in [2.75, 3.05) is 6.54 Å². The first-order chi connectivity index (χ1) is 10.4. The van der Waals surface area contributed by atoms with E-state index in [1.54, 1.807) is 12.6 Å². The molecule has 0 aromatic carbocycles. The molecule has 0 saturated carbocycles. The summed E-state index contributed by atoms with van der Waals surface area (Å²) in [4.78, 5) is 6.97. The Kier molecular flexibility index (Phi) is 4.08. The summed E-state index contributed by atoms with van der Waals surface area (Å²) in [7, 11) is 0. The van der Waals surface area contributed by atoms with Gasteiger partial charge in [-0.05, 0) is 58.2 Å². The molecule has 0 radical (unpaired) electrons. The van der Waals surface area contributed by atoms with Gasteiger partial charge in [-0.2, -0.15) is 5.10 Å². The second-order valence-electron chi connectivity index (χ2n) is 7.39. The monoisotopic (exact) mass is 302 g/mol. The van der Waals surface area contributed by atoms with Gasteiger partial charge in [-0.3, -0.25) is 4.90 Å². The number of hydrogen-bond acceptors (Lipinski definition) is 4. The highest BCUT2D eigenvalue weighted by molar-refractivity contribution is 5.07. The van der Waals surface area contributed by atoms with Gasteiger partial charge in [-0.1, -0.05) is 6.92 Å². The minimum atomic E-state index is -0.0465. The van der Waals surface area contributed by atoms with E-state index in [9.17, 15) is 0 Å². The molecular formula is C17H26N4O. The van der Waals surface area contributed by atoms with Crippen LogP contribution in [-0.2, 0) is 12.1 Å². The quantitative estimate of drug-likeness (QED) is 0.869. The van der Waals surface area contributed by atoms with E-state index in [4.69, 9.17) is 4.42 Å². The average molecular weight is 302 g/mol. The molecule has 1 fully saturated rings. The third-order valence-electron chi connectivity index (χ3n) is 4.45. The van der Waals surface area contributed by atoms with Crippen LogP contribution >= 0.6 is 0 Å².